The summed E-state index contributed by atoms with van der Waals surface area (Å²) in [6.07, 6.45) is 13.8. The first-order valence-electron chi connectivity index (χ1n) is 5.23. The molecule has 0 bridgehead atoms. The summed E-state index contributed by atoms with van der Waals surface area (Å²) in [4.78, 5) is 0. The topological polar surface area (TPSA) is 12.0 Å². The molecule has 1 aromatic carbocycles. The highest BCUT2D eigenvalue weighted by molar-refractivity contribution is 5.69. The van der Waals surface area contributed by atoms with Crippen LogP contribution in [0.3, 0.4) is 0 Å². The van der Waals surface area contributed by atoms with E-state index in [1.54, 1.807) is 0 Å². The van der Waals surface area contributed by atoms with E-state index in [0.717, 1.165) is 0 Å². The normalized spacial score (nSPS) is 26.4. The van der Waals surface area contributed by atoms with Crippen molar-refractivity contribution in [2.75, 3.05) is 5.32 Å². The number of nitrogens with one attached hydrogen (secondary N) is 1. The summed E-state index contributed by atoms with van der Waals surface area (Å²) >= 11 is 0. The van der Waals surface area contributed by atoms with Gasteiger partial charge in [0.1, 0.15) is 0 Å². The van der Waals surface area contributed by atoms with Gasteiger partial charge in [-0.3, -0.25) is 0 Å². The standard InChI is InChI=1S/C14H12N/c1-3-7-13-11(5-1)9-10-12-6-2-4-8-14(12)15-13/h1,3-10,12,14-15H. The van der Waals surface area contributed by atoms with Gasteiger partial charge in [-0.15, -0.1) is 0 Å². The van der Waals surface area contributed by atoms with Gasteiger partial charge in [0.05, 0.1) is 6.04 Å². The van der Waals surface area contributed by atoms with Gasteiger partial charge < -0.3 is 5.32 Å². The van der Waals surface area contributed by atoms with Crippen LogP contribution in [0.15, 0.2) is 48.6 Å². The lowest BCUT2D eigenvalue weighted by atomic mass is 9.95. The number of anilines is 1. The molecule has 0 saturated carbocycles. The van der Waals surface area contributed by atoms with Gasteiger partial charge >= 0.3 is 0 Å². The molecule has 0 spiro atoms. The van der Waals surface area contributed by atoms with Crippen molar-refractivity contribution in [2.45, 2.75) is 6.04 Å². The molecule has 1 heterocycles. The van der Waals surface area contributed by atoms with Gasteiger partial charge in [-0.25, -0.2) is 0 Å². The van der Waals surface area contributed by atoms with Crippen LogP contribution in [0, 0.1) is 12.0 Å². The Labute approximate surface area is 89.8 Å². The fraction of sp³-hybridized carbons (Fsp3) is 0.143. The van der Waals surface area contributed by atoms with Crippen molar-refractivity contribution in [1.29, 1.82) is 0 Å². The van der Waals surface area contributed by atoms with Crippen LogP contribution in [-0.2, 0) is 0 Å². The molecule has 2 aliphatic rings. The summed E-state index contributed by atoms with van der Waals surface area (Å²) in [6, 6.07) is 8.75. The Bertz CT molecular complexity index is 454. The average molecular weight is 194 g/mol. The molecule has 1 nitrogen and oxygen atoms in total. The Morgan fingerprint density at radius 2 is 2.07 bits per heavy atom. The van der Waals surface area contributed by atoms with Gasteiger partial charge in [0.2, 0.25) is 0 Å². The molecule has 2 atom stereocenters. The Morgan fingerprint density at radius 3 is 3.07 bits per heavy atom. The number of allylic oxidation sites excluding steroid dienone is 2. The molecule has 2 unspecified atom stereocenters. The van der Waals surface area contributed by atoms with E-state index in [2.05, 4.69) is 60.0 Å². The molecule has 1 radical (unpaired) electrons. The summed E-state index contributed by atoms with van der Waals surface area (Å²) < 4.78 is 0. The van der Waals surface area contributed by atoms with E-state index < -0.39 is 0 Å². The zero-order valence-electron chi connectivity index (χ0n) is 8.35. The van der Waals surface area contributed by atoms with Crippen LogP contribution in [0.1, 0.15) is 5.56 Å². The van der Waals surface area contributed by atoms with Gasteiger partial charge in [0, 0.05) is 11.6 Å². The minimum absolute atomic E-state index is 0.367. The number of fused-ring (bicyclic) bond motifs is 2. The van der Waals surface area contributed by atoms with Crippen LogP contribution < -0.4 is 5.32 Å². The first-order chi connectivity index (χ1) is 7.43. The van der Waals surface area contributed by atoms with E-state index in [9.17, 15) is 0 Å². The number of hydrogen-bond donors (Lipinski definition) is 1. The first kappa shape index (κ1) is 8.54. The van der Waals surface area contributed by atoms with Crippen LogP contribution in [0.5, 0.6) is 0 Å². The Hall–Kier alpha value is -1.76. The van der Waals surface area contributed by atoms with E-state index >= 15 is 0 Å². The Kier molecular flexibility index (Phi) is 1.95. The van der Waals surface area contributed by atoms with Gasteiger partial charge in [0.15, 0.2) is 0 Å². The number of benzene rings is 1. The second-order valence-corrected chi connectivity index (χ2v) is 3.89. The van der Waals surface area contributed by atoms with Crippen molar-refractivity contribution in [1.82, 2.24) is 0 Å². The molecule has 1 N–H and O–H groups in total. The maximum Gasteiger partial charge on any atom is 0.0545 e. The first-order valence-corrected chi connectivity index (χ1v) is 5.23. The van der Waals surface area contributed by atoms with Gasteiger partial charge in [-0.2, -0.15) is 0 Å². The van der Waals surface area contributed by atoms with Gasteiger partial charge in [0.25, 0.3) is 0 Å². The van der Waals surface area contributed by atoms with E-state index in [1.807, 2.05) is 6.08 Å². The molecule has 0 saturated heterocycles. The summed E-state index contributed by atoms with van der Waals surface area (Å²) in [5.74, 6) is 0.419. The second kappa shape index (κ2) is 3.43. The number of rotatable bonds is 0. The van der Waals surface area contributed by atoms with Crippen molar-refractivity contribution < 1.29 is 0 Å². The zero-order chi connectivity index (χ0) is 10.1. The lowest BCUT2D eigenvalue weighted by molar-refractivity contribution is 0.730. The lowest BCUT2D eigenvalue weighted by Crippen LogP contribution is -2.25. The Balaban J connectivity index is 2.04. The van der Waals surface area contributed by atoms with Crippen LogP contribution in [-0.4, -0.2) is 6.04 Å². The van der Waals surface area contributed by atoms with Crippen molar-refractivity contribution in [3.63, 3.8) is 0 Å². The maximum absolute atomic E-state index is 3.54. The fourth-order valence-corrected chi connectivity index (χ4v) is 2.05. The van der Waals surface area contributed by atoms with Crippen LogP contribution >= 0.6 is 0 Å². The fourth-order valence-electron chi connectivity index (χ4n) is 2.05. The van der Waals surface area contributed by atoms with E-state index in [1.165, 1.54) is 11.3 Å². The second-order valence-electron chi connectivity index (χ2n) is 3.89. The van der Waals surface area contributed by atoms with Gasteiger partial charge in [-0.1, -0.05) is 48.6 Å². The molecule has 0 aromatic heterocycles. The summed E-state index contributed by atoms with van der Waals surface area (Å²) in [7, 11) is 0. The van der Waals surface area contributed by atoms with E-state index in [4.69, 9.17) is 0 Å². The van der Waals surface area contributed by atoms with Crippen LogP contribution in [0.25, 0.3) is 6.08 Å². The summed E-state index contributed by atoms with van der Waals surface area (Å²) in [6.45, 7) is 0. The highest BCUT2D eigenvalue weighted by atomic mass is 14.9. The summed E-state index contributed by atoms with van der Waals surface area (Å²) in [5, 5.41) is 3.54. The van der Waals surface area contributed by atoms with Crippen molar-refractivity contribution in [3.8, 4) is 0 Å². The molecule has 1 aliphatic heterocycles. The van der Waals surface area contributed by atoms with Crippen molar-refractivity contribution in [3.05, 3.63) is 60.2 Å². The molecule has 0 fully saturated rings. The van der Waals surface area contributed by atoms with Crippen LogP contribution in [0.2, 0.25) is 0 Å². The maximum atomic E-state index is 3.54. The molecule has 73 valence electrons. The third kappa shape index (κ3) is 1.50. The highest BCUT2D eigenvalue weighted by Gasteiger charge is 2.19. The van der Waals surface area contributed by atoms with Crippen molar-refractivity contribution >= 4 is 11.8 Å². The predicted octanol–water partition coefficient (Wildman–Crippen LogP) is 3.04. The third-order valence-corrected chi connectivity index (χ3v) is 2.88. The van der Waals surface area contributed by atoms with E-state index in [-0.39, 0.29) is 0 Å². The average Bonchev–Trinajstić information content (AvgIpc) is 2.48. The highest BCUT2D eigenvalue weighted by Crippen LogP contribution is 2.27. The molecular weight excluding hydrogens is 182 g/mol. The smallest absolute Gasteiger partial charge is 0.0545 e. The van der Waals surface area contributed by atoms with Gasteiger partial charge in [-0.05, 0) is 17.7 Å². The molecule has 3 rings (SSSR count). The molecular formula is C14H12N. The quantitative estimate of drug-likeness (QED) is 0.669. The largest absolute Gasteiger partial charge is 0.377 e. The third-order valence-electron chi connectivity index (χ3n) is 2.88. The molecule has 1 heteroatoms. The van der Waals surface area contributed by atoms with Crippen LogP contribution in [0.4, 0.5) is 5.69 Å². The monoisotopic (exact) mass is 194 g/mol. The minimum Gasteiger partial charge on any atom is -0.377 e. The number of hydrogen-bond acceptors (Lipinski definition) is 1. The molecule has 1 aromatic rings. The molecule has 0 amide bonds. The minimum atomic E-state index is 0.367. The summed E-state index contributed by atoms with van der Waals surface area (Å²) in [5.41, 5.74) is 2.47. The lowest BCUT2D eigenvalue weighted by Gasteiger charge is -2.22. The molecule has 15 heavy (non-hydrogen) atoms. The Morgan fingerprint density at radius 1 is 1.13 bits per heavy atom. The molecule has 1 aliphatic carbocycles. The predicted molar refractivity (Wildman–Crippen MR) is 63.3 cm³/mol. The SMILES string of the molecule is [C]1=CC2C=Cc3ccccc3NC2C=C1. The number of para-hydroxylation sites is 1. The van der Waals surface area contributed by atoms with Crippen molar-refractivity contribution in [2.24, 2.45) is 5.92 Å². The zero-order valence-corrected chi connectivity index (χ0v) is 8.35. The van der Waals surface area contributed by atoms with E-state index in [0.29, 0.717) is 12.0 Å².